The monoisotopic (exact) mass is 188 g/mol. The first-order valence-electron chi connectivity index (χ1n) is 4.29. The molecule has 72 valence electrons. The smallest absolute Gasteiger partial charge is 0.0852 e. The Morgan fingerprint density at radius 3 is 1.93 bits per heavy atom. The van der Waals surface area contributed by atoms with Crippen LogP contribution in [0.2, 0.25) is 0 Å². The number of pyridine rings is 2. The molecule has 0 amide bonds. The maximum absolute atomic E-state index is 8.48. The van der Waals surface area contributed by atoms with Crippen molar-refractivity contribution in [2.24, 2.45) is 0 Å². The van der Waals surface area contributed by atoms with Gasteiger partial charge in [-0.25, -0.2) is 0 Å². The number of hydrogen-bond donors (Lipinski definition) is 1. The fourth-order valence-electron chi connectivity index (χ4n) is 0.804. The van der Waals surface area contributed by atoms with E-state index in [1.54, 1.807) is 24.7 Å². The van der Waals surface area contributed by atoms with E-state index in [2.05, 4.69) is 9.97 Å². The van der Waals surface area contributed by atoms with E-state index in [-0.39, 0.29) is 6.61 Å². The number of hydrogen-bond acceptors (Lipinski definition) is 3. The van der Waals surface area contributed by atoms with E-state index in [4.69, 9.17) is 5.11 Å². The Morgan fingerprint density at radius 1 is 0.929 bits per heavy atom. The molecule has 3 heteroatoms. The van der Waals surface area contributed by atoms with Gasteiger partial charge in [0.1, 0.15) is 0 Å². The highest BCUT2D eigenvalue weighted by molar-refractivity contribution is 5.01. The van der Waals surface area contributed by atoms with Crippen LogP contribution in [-0.2, 0) is 6.61 Å². The van der Waals surface area contributed by atoms with Crippen LogP contribution in [0.1, 0.15) is 5.69 Å². The van der Waals surface area contributed by atoms with Gasteiger partial charge in [-0.15, -0.1) is 0 Å². The predicted molar refractivity (Wildman–Crippen MR) is 54.4 cm³/mol. The number of rotatable bonds is 1. The molecule has 14 heavy (non-hydrogen) atoms. The number of aliphatic hydroxyl groups is 1. The third kappa shape index (κ3) is 4.33. The van der Waals surface area contributed by atoms with Gasteiger partial charge in [-0.3, -0.25) is 9.97 Å². The number of aliphatic hydroxyl groups excluding tert-OH is 1. The molecule has 0 aliphatic carbocycles. The maximum Gasteiger partial charge on any atom is 0.0852 e. The fraction of sp³-hybridized carbons (Fsp3) is 0.0909. The summed E-state index contributed by atoms with van der Waals surface area (Å²) in [7, 11) is 0. The van der Waals surface area contributed by atoms with Crippen LogP contribution in [0.5, 0.6) is 0 Å². The van der Waals surface area contributed by atoms with E-state index in [0.717, 1.165) is 0 Å². The average Bonchev–Trinajstić information content (AvgIpc) is 2.33. The summed E-state index contributed by atoms with van der Waals surface area (Å²) < 4.78 is 0. The second-order valence-corrected chi connectivity index (χ2v) is 2.50. The van der Waals surface area contributed by atoms with E-state index < -0.39 is 0 Å². The van der Waals surface area contributed by atoms with E-state index in [1.165, 1.54) is 0 Å². The van der Waals surface area contributed by atoms with Crippen molar-refractivity contribution in [3.05, 3.63) is 60.7 Å². The topological polar surface area (TPSA) is 46.0 Å². The van der Waals surface area contributed by atoms with Gasteiger partial charge in [0.2, 0.25) is 0 Å². The first-order chi connectivity index (χ1) is 6.93. The Labute approximate surface area is 83.1 Å². The molecule has 2 aromatic heterocycles. The van der Waals surface area contributed by atoms with Crippen LogP contribution in [0.3, 0.4) is 0 Å². The summed E-state index contributed by atoms with van der Waals surface area (Å²) in [5.41, 5.74) is 0.715. The molecule has 1 N–H and O–H groups in total. The summed E-state index contributed by atoms with van der Waals surface area (Å²) in [6.07, 6.45) is 5.16. The molecule has 0 saturated heterocycles. The number of aromatic nitrogens is 2. The van der Waals surface area contributed by atoms with Gasteiger partial charge >= 0.3 is 0 Å². The average molecular weight is 188 g/mol. The first-order valence-corrected chi connectivity index (χ1v) is 4.29. The van der Waals surface area contributed by atoms with E-state index >= 15 is 0 Å². The summed E-state index contributed by atoms with van der Waals surface area (Å²) in [5.74, 6) is 0. The summed E-state index contributed by atoms with van der Waals surface area (Å²) >= 11 is 0. The van der Waals surface area contributed by atoms with Crippen LogP contribution in [0.25, 0.3) is 0 Å². The molecule has 0 bridgehead atoms. The van der Waals surface area contributed by atoms with Gasteiger partial charge in [0.25, 0.3) is 0 Å². The van der Waals surface area contributed by atoms with Gasteiger partial charge in [0, 0.05) is 18.6 Å². The van der Waals surface area contributed by atoms with Crippen molar-refractivity contribution in [3.8, 4) is 0 Å². The molecule has 0 aliphatic rings. The lowest BCUT2D eigenvalue weighted by atomic mass is 10.4. The molecule has 2 heterocycles. The van der Waals surface area contributed by atoms with E-state index in [9.17, 15) is 0 Å². The molecule has 3 nitrogen and oxygen atoms in total. The fourth-order valence-corrected chi connectivity index (χ4v) is 0.804. The van der Waals surface area contributed by atoms with Crippen molar-refractivity contribution in [3.63, 3.8) is 0 Å². The standard InChI is InChI=1S/C6H7NO.C5H5N/c8-5-6-3-1-2-4-7-6;1-2-4-6-5-3-1/h1-4,8H,5H2;1-5H. The highest BCUT2D eigenvalue weighted by atomic mass is 16.3. The van der Waals surface area contributed by atoms with Crippen LogP contribution in [0.4, 0.5) is 0 Å². The van der Waals surface area contributed by atoms with Crippen LogP contribution >= 0.6 is 0 Å². The zero-order chi connectivity index (χ0) is 10.1. The number of nitrogens with zero attached hydrogens (tertiary/aromatic N) is 2. The Bertz CT molecular complexity index is 297. The summed E-state index contributed by atoms with van der Waals surface area (Å²) in [5, 5.41) is 8.48. The van der Waals surface area contributed by atoms with Gasteiger partial charge in [-0.1, -0.05) is 12.1 Å². The highest BCUT2D eigenvalue weighted by Crippen LogP contribution is 1.89. The van der Waals surface area contributed by atoms with Crippen molar-refractivity contribution >= 4 is 0 Å². The minimum atomic E-state index is 0.0286. The lowest BCUT2D eigenvalue weighted by molar-refractivity contribution is 0.277. The zero-order valence-corrected chi connectivity index (χ0v) is 7.74. The van der Waals surface area contributed by atoms with E-state index in [0.29, 0.717) is 5.69 Å². The van der Waals surface area contributed by atoms with Crippen molar-refractivity contribution in [2.75, 3.05) is 0 Å². The zero-order valence-electron chi connectivity index (χ0n) is 7.74. The molecular formula is C11H12N2O. The van der Waals surface area contributed by atoms with Gasteiger partial charge in [0.05, 0.1) is 12.3 Å². The Hall–Kier alpha value is -1.74. The largest absolute Gasteiger partial charge is 0.390 e. The molecule has 0 radical (unpaired) electrons. The molecule has 0 saturated carbocycles. The quantitative estimate of drug-likeness (QED) is 0.740. The molecule has 0 atom stereocenters. The van der Waals surface area contributed by atoms with Crippen LogP contribution < -0.4 is 0 Å². The van der Waals surface area contributed by atoms with Crippen LogP contribution in [0.15, 0.2) is 55.0 Å². The van der Waals surface area contributed by atoms with Crippen molar-refractivity contribution in [2.45, 2.75) is 6.61 Å². The molecular weight excluding hydrogens is 176 g/mol. The normalized spacial score (nSPS) is 8.64. The Balaban J connectivity index is 0.000000146. The molecule has 2 aromatic rings. The van der Waals surface area contributed by atoms with Crippen molar-refractivity contribution in [1.29, 1.82) is 0 Å². The minimum absolute atomic E-state index is 0.0286. The molecule has 0 unspecified atom stereocenters. The molecule has 0 fully saturated rings. The van der Waals surface area contributed by atoms with Gasteiger partial charge in [-0.05, 0) is 24.3 Å². The molecule has 2 rings (SSSR count). The van der Waals surface area contributed by atoms with E-state index in [1.807, 2.05) is 30.3 Å². The Morgan fingerprint density at radius 2 is 1.64 bits per heavy atom. The lowest BCUT2D eigenvalue weighted by Gasteiger charge is -1.88. The summed E-state index contributed by atoms with van der Waals surface area (Å²) in [4.78, 5) is 7.63. The summed E-state index contributed by atoms with van der Waals surface area (Å²) in [6, 6.07) is 11.2. The van der Waals surface area contributed by atoms with Gasteiger partial charge in [-0.2, -0.15) is 0 Å². The molecule has 0 spiro atoms. The third-order valence-corrected chi connectivity index (χ3v) is 1.45. The molecule has 0 aliphatic heterocycles. The lowest BCUT2D eigenvalue weighted by Crippen LogP contribution is -1.84. The van der Waals surface area contributed by atoms with Crippen LogP contribution in [0, 0.1) is 0 Å². The second-order valence-electron chi connectivity index (χ2n) is 2.50. The second kappa shape index (κ2) is 6.74. The maximum atomic E-state index is 8.48. The third-order valence-electron chi connectivity index (χ3n) is 1.45. The Kier molecular flexibility index (Phi) is 4.98. The van der Waals surface area contributed by atoms with Crippen molar-refractivity contribution < 1.29 is 5.11 Å². The first kappa shape index (κ1) is 10.3. The summed E-state index contributed by atoms with van der Waals surface area (Å²) in [6.45, 7) is 0.0286. The minimum Gasteiger partial charge on any atom is -0.390 e. The highest BCUT2D eigenvalue weighted by Gasteiger charge is 1.82. The molecule has 0 aromatic carbocycles. The van der Waals surface area contributed by atoms with Gasteiger partial charge < -0.3 is 5.11 Å². The predicted octanol–water partition coefficient (Wildman–Crippen LogP) is 1.66. The van der Waals surface area contributed by atoms with Gasteiger partial charge in [0.15, 0.2) is 0 Å². The van der Waals surface area contributed by atoms with Crippen molar-refractivity contribution in [1.82, 2.24) is 9.97 Å². The SMILES string of the molecule is OCc1ccccn1.c1ccncc1. The van der Waals surface area contributed by atoms with Crippen LogP contribution in [-0.4, -0.2) is 15.1 Å².